The molecule has 0 radical (unpaired) electrons. The highest BCUT2D eigenvalue weighted by atomic mass is 35.5. The first kappa shape index (κ1) is 13.2. The third-order valence-corrected chi connectivity index (χ3v) is 4.23. The van der Waals surface area contributed by atoms with Gasteiger partial charge < -0.3 is 10.4 Å². The zero-order chi connectivity index (χ0) is 13.2. The van der Waals surface area contributed by atoms with Gasteiger partial charge in [0.2, 0.25) is 5.91 Å². The number of anilines is 1. The molecule has 0 aromatic heterocycles. The highest BCUT2D eigenvalue weighted by Crippen LogP contribution is 2.42. The molecule has 0 atom stereocenters. The Morgan fingerprint density at radius 2 is 2.11 bits per heavy atom. The van der Waals surface area contributed by atoms with Crippen molar-refractivity contribution >= 4 is 23.2 Å². The van der Waals surface area contributed by atoms with E-state index in [1.165, 1.54) is 12.1 Å². The van der Waals surface area contributed by atoms with E-state index in [-0.39, 0.29) is 17.1 Å². The number of aromatic hydroxyl groups is 1. The van der Waals surface area contributed by atoms with Crippen molar-refractivity contribution in [1.82, 2.24) is 0 Å². The van der Waals surface area contributed by atoms with E-state index in [4.69, 9.17) is 11.6 Å². The molecule has 0 aliphatic heterocycles. The summed E-state index contributed by atoms with van der Waals surface area (Å²) in [5, 5.41) is 12.5. The fourth-order valence-corrected chi connectivity index (χ4v) is 2.88. The first-order chi connectivity index (χ1) is 8.57. The Balaban J connectivity index is 2.15. The van der Waals surface area contributed by atoms with Crippen molar-refractivity contribution < 1.29 is 9.90 Å². The molecule has 1 fully saturated rings. The van der Waals surface area contributed by atoms with E-state index in [0.717, 1.165) is 32.1 Å². The molecule has 1 saturated carbocycles. The summed E-state index contributed by atoms with van der Waals surface area (Å²) in [6, 6.07) is 4.59. The zero-order valence-corrected chi connectivity index (χ0v) is 11.3. The Bertz CT molecular complexity index is 453. The number of carbonyl (C=O) groups is 1. The van der Waals surface area contributed by atoms with Gasteiger partial charge in [-0.3, -0.25) is 4.79 Å². The summed E-state index contributed by atoms with van der Waals surface area (Å²) in [5.74, 6) is 0.152. The number of benzene rings is 1. The summed E-state index contributed by atoms with van der Waals surface area (Å²) in [6.45, 7) is 2.06. The van der Waals surface area contributed by atoms with Crippen molar-refractivity contribution in [1.29, 1.82) is 0 Å². The molecule has 1 aliphatic rings. The van der Waals surface area contributed by atoms with Gasteiger partial charge in [0, 0.05) is 11.5 Å². The Kier molecular flexibility index (Phi) is 3.81. The predicted octanol–water partition coefficient (Wildman–Crippen LogP) is 3.95. The Labute approximate surface area is 112 Å². The van der Waals surface area contributed by atoms with Crippen LogP contribution >= 0.6 is 11.6 Å². The number of halogens is 1. The van der Waals surface area contributed by atoms with Crippen LogP contribution in [0.15, 0.2) is 18.2 Å². The fraction of sp³-hybridized carbons (Fsp3) is 0.500. The zero-order valence-electron chi connectivity index (χ0n) is 10.5. The molecule has 1 amide bonds. The normalized spacial score (nSPS) is 17.7. The number of phenols is 1. The first-order valence-corrected chi connectivity index (χ1v) is 6.75. The van der Waals surface area contributed by atoms with Crippen LogP contribution in [0.1, 0.15) is 39.0 Å². The number of hydrogen-bond acceptors (Lipinski definition) is 2. The van der Waals surface area contributed by atoms with E-state index in [1.807, 2.05) is 0 Å². The van der Waals surface area contributed by atoms with Gasteiger partial charge >= 0.3 is 0 Å². The summed E-state index contributed by atoms with van der Waals surface area (Å²) < 4.78 is 0. The molecule has 0 spiro atoms. The molecule has 2 rings (SSSR count). The lowest BCUT2D eigenvalue weighted by molar-refractivity contribution is -0.125. The lowest BCUT2D eigenvalue weighted by atomic mass is 9.82. The van der Waals surface area contributed by atoms with Crippen molar-refractivity contribution in [3.8, 4) is 5.75 Å². The molecule has 98 valence electrons. The van der Waals surface area contributed by atoms with Gasteiger partial charge in [-0.05, 0) is 31.4 Å². The second-order valence-corrected chi connectivity index (χ2v) is 5.37. The van der Waals surface area contributed by atoms with Crippen molar-refractivity contribution in [3.63, 3.8) is 0 Å². The quantitative estimate of drug-likeness (QED) is 0.815. The van der Waals surface area contributed by atoms with Gasteiger partial charge in [0.05, 0.1) is 10.7 Å². The largest absolute Gasteiger partial charge is 0.508 e. The maximum atomic E-state index is 12.4. The van der Waals surface area contributed by atoms with Crippen LogP contribution < -0.4 is 5.32 Å². The Morgan fingerprint density at radius 3 is 2.67 bits per heavy atom. The number of nitrogens with one attached hydrogen (secondary N) is 1. The summed E-state index contributed by atoms with van der Waals surface area (Å²) in [4.78, 5) is 12.4. The second-order valence-electron chi connectivity index (χ2n) is 4.96. The lowest BCUT2D eigenvalue weighted by Gasteiger charge is -2.26. The number of carbonyl (C=O) groups excluding carboxylic acids is 1. The van der Waals surface area contributed by atoms with E-state index in [0.29, 0.717) is 10.7 Å². The fourth-order valence-electron chi connectivity index (χ4n) is 2.65. The maximum absolute atomic E-state index is 12.4. The standard InChI is InChI=1S/C14H18ClNO2/c1-2-14(7-3-4-8-14)13(18)16-12-6-5-10(17)9-11(12)15/h5-6,9,17H,2-4,7-8H2,1H3,(H,16,18). The van der Waals surface area contributed by atoms with Crippen LogP contribution in [0.4, 0.5) is 5.69 Å². The molecular formula is C14H18ClNO2. The van der Waals surface area contributed by atoms with E-state index < -0.39 is 0 Å². The van der Waals surface area contributed by atoms with Crippen LogP contribution in [0.25, 0.3) is 0 Å². The molecule has 2 N–H and O–H groups in total. The minimum atomic E-state index is -0.235. The van der Waals surface area contributed by atoms with Crippen LogP contribution in [0.5, 0.6) is 5.75 Å². The summed E-state index contributed by atoms with van der Waals surface area (Å²) in [7, 11) is 0. The van der Waals surface area contributed by atoms with Crippen molar-refractivity contribution in [2.75, 3.05) is 5.32 Å². The molecule has 3 nitrogen and oxygen atoms in total. The Hall–Kier alpha value is -1.22. The molecule has 0 saturated heterocycles. The van der Waals surface area contributed by atoms with Crippen molar-refractivity contribution in [2.45, 2.75) is 39.0 Å². The van der Waals surface area contributed by atoms with E-state index in [1.54, 1.807) is 6.07 Å². The molecule has 1 aliphatic carbocycles. The van der Waals surface area contributed by atoms with Gasteiger partial charge in [0.1, 0.15) is 5.75 Å². The topological polar surface area (TPSA) is 49.3 Å². The molecule has 0 heterocycles. The number of phenolic OH excluding ortho intramolecular Hbond substituents is 1. The average molecular weight is 268 g/mol. The number of amides is 1. The summed E-state index contributed by atoms with van der Waals surface area (Å²) in [5.41, 5.74) is 0.334. The van der Waals surface area contributed by atoms with Crippen LogP contribution in [-0.2, 0) is 4.79 Å². The molecule has 0 unspecified atom stereocenters. The van der Waals surface area contributed by atoms with Crippen LogP contribution in [0, 0.1) is 5.41 Å². The average Bonchev–Trinajstić information content (AvgIpc) is 2.82. The maximum Gasteiger partial charge on any atom is 0.230 e. The summed E-state index contributed by atoms with van der Waals surface area (Å²) >= 11 is 5.99. The van der Waals surface area contributed by atoms with E-state index in [9.17, 15) is 9.90 Å². The van der Waals surface area contributed by atoms with Crippen molar-refractivity contribution in [3.05, 3.63) is 23.2 Å². The lowest BCUT2D eigenvalue weighted by Crippen LogP contribution is -2.33. The third kappa shape index (κ3) is 2.46. The van der Waals surface area contributed by atoms with Gasteiger partial charge in [-0.15, -0.1) is 0 Å². The van der Waals surface area contributed by atoms with Crippen LogP contribution in [0.2, 0.25) is 5.02 Å². The van der Waals surface area contributed by atoms with Crippen molar-refractivity contribution in [2.24, 2.45) is 5.41 Å². The van der Waals surface area contributed by atoms with Gasteiger partial charge in [0.15, 0.2) is 0 Å². The number of hydrogen-bond donors (Lipinski definition) is 2. The van der Waals surface area contributed by atoms with Gasteiger partial charge in [-0.1, -0.05) is 31.4 Å². The van der Waals surface area contributed by atoms with E-state index in [2.05, 4.69) is 12.2 Å². The van der Waals surface area contributed by atoms with Gasteiger partial charge in [-0.2, -0.15) is 0 Å². The Morgan fingerprint density at radius 1 is 1.44 bits per heavy atom. The molecule has 1 aromatic rings. The minimum Gasteiger partial charge on any atom is -0.508 e. The first-order valence-electron chi connectivity index (χ1n) is 6.37. The molecule has 18 heavy (non-hydrogen) atoms. The second kappa shape index (κ2) is 5.19. The SMILES string of the molecule is CCC1(C(=O)Nc2ccc(O)cc2Cl)CCCC1. The predicted molar refractivity (Wildman–Crippen MR) is 72.9 cm³/mol. The van der Waals surface area contributed by atoms with Gasteiger partial charge in [-0.25, -0.2) is 0 Å². The van der Waals surface area contributed by atoms with Crippen LogP contribution in [-0.4, -0.2) is 11.0 Å². The third-order valence-electron chi connectivity index (χ3n) is 3.92. The molecular weight excluding hydrogens is 250 g/mol. The highest BCUT2D eigenvalue weighted by molar-refractivity contribution is 6.33. The molecule has 0 bridgehead atoms. The molecule has 4 heteroatoms. The van der Waals surface area contributed by atoms with Crippen LogP contribution in [0.3, 0.4) is 0 Å². The monoisotopic (exact) mass is 267 g/mol. The molecule has 1 aromatic carbocycles. The summed E-state index contributed by atoms with van der Waals surface area (Å²) in [6.07, 6.45) is 4.99. The number of rotatable bonds is 3. The minimum absolute atomic E-state index is 0.0510. The van der Waals surface area contributed by atoms with Gasteiger partial charge in [0.25, 0.3) is 0 Å². The van der Waals surface area contributed by atoms with E-state index >= 15 is 0 Å². The highest BCUT2D eigenvalue weighted by Gasteiger charge is 2.39. The smallest absolute Gasteiger partial charge is 0.230 e.